The Kier molecular flexibility index (Phi) is 6.73. The van der Waals surface area contributed by atoms with E-state index in [1.807, 2.05) is 60.7 Å². The minimum absolute atomic E-state index is 0.129. The molecule has 4 rings (SSSR count). The van der Waals surface area contributed by atoms with Crippen LogP contribution in [-0.2, 0) is 11.3 Å². The van der Waals surface area contributed by atoms with Gasteiger partial charge in [0.25, 0.3) is 5.91 Å². The number of carbonyl (C=O) groups is 1. The highest BCUT2D eigenvalue weighted by molar-refractivity contribution is 7.98. The first-order chi connectivity index (χ1) is 15.1. The van der Waals surface area contributed by atoms with Crippen LogP contribution in [0.4, 0.5) is 0 Å². The molecule has 1 heterocycles. The number of carbonyl (C=O) groups excluding carboxylic acids is 1. The van der Waals surface area contributed by atoms with Gasteiger partial charge in [-0.1, -0.05) is 72.0 Å². The van der Waals surface area contributed by atoms with Crippen molar-refractivity contribution in [2.24, 2.45) is 4.99 Å². The fraction of sp³-hybridized carbons (Fsp3) is 0.231. The normalized spacial score (nSPS) is 12.1. The number of rotatable bonds is 6. The maximum Gasteiger partial charge on any atom is 0.260 e. The Labute approximate surface area is 191 Å². The quantitative estimate of drug-likeness (QED) is 0.367. The molecule has 0 unspecified atom stereocenters. The summed E-state index contributed by atoms with van der Waals surface area (Å²) < 4.78 is 3.38. The van der Waals surface area contributed by atoms with E-state index in [0.29, 0.717) is 0 Å². The van der Waals surface area contributed by atoms with E-state index in [1.54, 1.807) is 23.1 Å². The van der Waals surface area contributed by atoms with Crippen LogP contribution in [0, 0.1) is 13.8 Å². The number of aryl methyl sites for hydroxylation is 3. The Morgan fingerprint density at radius 3 is 2.13 bits per heavy atom. The first-order valence-corrected chi connectivity index (χ1v) is 12.6. The van der Waals surface area contributed by atoms with Gasteiger partial charge in [-0.2, -0.15) is 16.8 Å². The smallest absolute Gasteiger partial charge is 0.260 e. The van der Waals surface area contributed by atoms with Crippen LogP contribution in [0.5, 0.6) is 0 Å². The van der Waals surface area contributed by atoms with E-state index in [-0.39, 0.29) is 5.91 Å². The molecule has 0 aliphatic carbocycles. The fourth-order valence-electron chi connectivity index (χ4n) is 3.73. The van der Waals surface area contributed by atoms with Crippen molar-refractivity contribution in [3.8, 4) is 0 Å². The number of thioether (sulfide) groups is 1. The van der Waals surface area contributed by atoms with Crippen LogP contribution in [0.1, 0.15) is 28.2 Å². The van der Waals surface area contributed by atoms with Crippen LogP contribution < -0.4 is 4.80 Å². The zero-order chi connectivity index (χ0) is 21.8. The van der Waals surface area contributed by atoms with Gasteiger partial charge in [0, 0.05) is 12.3 Å². The van der Waals surface area contributed by atoms with Crippen molar-refractivity contribution in [1.82, 2.24) is 4.57 Å². The zero-order valence-electron chi connectivity index (χ0n) is 18.0. The Morgan fingerprint density at radius 2 is 1.55 bits per heavy atom. The van der Waals surface area contributed by atoms with E-state index in [4.69, 9.17) is 4.99 Å². The number of nitrogens with zero attached hydrogens (tertiary/aromatic N) is 2. The van der Waals surface area contributed by atoms with Crippen molar-refractivity contribution in [3.05, 3.63) is 99.9 Å². The SMILES string of the molecule is CSCCn1c(=NC(=O)C(c2ccccc2)c2ccccc2)sc2cc(C)c(C)cc21. The molecule has 0 saturated heterocycles. The summed E-state index contributed by atoms with van der Waals surface area (Å²) in [5, 5.41) is 0. The third kappa shape index (κ3) is 4.68. The Hall–Kier alpha value is -2.63. The monoisotopic (exact) mass is 446 g/mol. The average molecular weight is 447 g/mol. The van der Waals surface area contributed by atoms with Crippen molar-refractivity contribution in [2.45, 2.75) is 26.3 Å². The van der Waals surface area contributed by atoms with Crippen LogP contribution in [0.15, 0.2) is 77.8 Å². The maximum absolute atomic E-state index is 13.6. The number of hydrogen-bond donors (Lipinski definition) is 0. The summed E-state index contributed by atoms with van der Waals surface area (Å²) in [6, 6.07) is 24.3. The molecule has 1 amide bonds. The van der Waals surface area contributed by atoms with Crippen molar-refractivity contribution < 1.29 is 4.79 Å². The lowest BCUT2D eigenvalue weighted by Gasteiger charge is -2.14. The molecule has 0 saturated carbocycles. The van der Waals surface area contributed by atoms with E-state index in [2.05, 4.69) is 36.8 Å². The van der Waals surface area contributed by atoms with Crippen molar-refractivity contribution >= 4 is 39.2 Å². The standard InChI is InChI=1S/C26H26N2OS2/c1-18-16-22-23(17-19(18)2)31-26(28(22)14-15-30-3)27-25(29)24(20-10-6-4-7-11-20)21-12-8-5-9-13-21/h4-13,16-17,24H,14-15H2,1-3H3. The number of amides is 1. The molecule has 3 aromatic carbocycles. The molecule has 0 N–H and O–H groups in total. The van der Waals surface area contributed by atoms with Gasteiger partial charge in [-0.3, -0.25) is 4.79 Å². The summed E-state index contributed by atoms with van der Waals surface area (Å²) in [6.45, 7) is 5.09. The van der Waals surface area contributed by atoms with E-state index < -0.39 is 5.92 Å². The lowest BCUT2D eigenvalue weighted by Crippen LogP contribution is -2.21. The van der Waals surface area contributed by atoms with Crippen LogP contribution in [0.25, 0.3) is 10.2 Å². The predicted molar refractivity (Wildman–Crippen MR) is 133 cm³/mol. The van der Waals surface area contributed by atoms with E-state index in [9.17, 15) is 4.79 Å². The predicted octanol–water partition coefficient (Wildman–Crippen LogP) is 5.94. The largest absolute Gasteiger partial charge is 0.316 e. The molecule has 158 valence electrons. The molecule has 1 aromatic heterocycles. The van der Waals surface area contributed by atoms with Gasteiger partial charge in [0.2, 0.25) is 0 Å². The molecule has 0 aliphatic rings. The summed E-state index contributed by atoms with van der Waals surface area (Å²) in [5.74, 6) is 0.432. The van der Waals surface area contributed by atoms with Crippen LogP contribution >= 0.6 is 23.1 Å². The zero-order valence-corrected chi connectivity index (χ0v) is 19.7. The lowest BCUT2D eigenvalue weighted by molar-refractivity contribution is -0.118. The fourth-order valence-corrected chi connectivity index (χ4v) is 5.24. The van der Waals surface area contributed by atoms with E-state index >= 15 is 0 Å². The Balaban J connectivity index is 1.86. The van der Waals surface area contributed by atoms with Crippen LogP contribution in [-0.4, -0.2) is 22.5 Å². The molecule has 0 spiro atoms. The second-order valence-electron chi connectivity index (χ2n) is 7.64. The Morgan fingerprint density at radius 1 is 0.968 bits per heavy atom. The van der Waals surface area contributed by atoms with Gasteiger partial charge >= 0.3 is 0 Å². The summed E-state index contributed by atoms with van der Waals surface area (Å²) in [6.07, 6.45) is 2.10. The summed E-state index contributed by atoms with van der Waals surface area (Å²) in [5.41, 5.74) is 5.60. The van der Waals surface area contributed by atoms with Gasteiger partial charge in [-0.25, -0.2) is 0 Å². The average Bonchev–Trinajstić information content (AvgIpc) is 3.09. The van der Waals surface area contributed by atoms with Gasteiger partial charge in [0.05, 0.1) is 16.1 Å². The minimum atomic E-state index is -0.412. The number of hydrogen-bond acceptors (Lipinski definition) is 3. The number of thiazole rings is 1. The molecular weight excluding hydrogens is 420 g/mol. The summed E-state index contributed by atoms with van der Waals surface area (Å²) >= 11 is 3.40. The van der Waals surface area contributed by atoms with Gasteiger partial charge in [-0.05, 0) is 54.5 Å². The molecule has 0 radical (unpaired) electrons. The highest BCUT2D eigenvalue weighted by Crippen LogP contribution is 2.27. The second-order valence-corrected chi connectivity index (χ2v) is 9.63. The van der Waals surface area contributed by atoms with Crippen molar-refractivity contribution in [3.63, 3.8) is 0 Å². The topological polar surface area (TPSA) is 34.4 Å². The van der Waals surface area contributed by atoms with Gasteiger partial charge in [0.15, 0.2) is 4.80 Å². The van der Waals surface area contributed by atoms with Gasteiger partial charge in [0.1, 0.15) is 0 Å². The molecule has 3 nitrogen and oxygen atoms in total. The minimum Gasteiger partial charge on any atom is -0.316 e. The highest BCUT2D eigenvalue weighted by atomic mass is 32.2. The molecule has 0 bridgehead atoms. The molecule has 0 aliphatic heterocycles. The van der Waals surface area contributed by atoms with Gasteiger partial charge < -0.3 is 4.57 Å². The Bertz CT molecular complexity index is 1220. The molecule has 0 fully saturated rings. The van der Waals surface area contributed by atoms with Crippen LogP contribution in [0.3, 0.4) is 0 Å². The first kappa shape index (κ1) is 21.6. The van der Waals surface area contributed by atoms with Gasteiger partial charge in [-0.15, -0.1) is 0 Å². The number of aromatic nitrogens is 1. The highest BCUT2D eigenvalue weighted by Gasteiger charge is 2.22. The molecule has 31 heavy (non-hydrogen) atoms. The van der Waals surface area contributed by atoms with Crippen LogP contribution in [0.2, 0.25) is 0 Å². The van der Waals surface area contributed by atoms with E-state index in [1.165, 1.54) is 15.8 Å². The van der Waals surface area contributed by atoms with E-state index in [0.717, 1.165) is 33.7 Å². The molecular formula is C26H26N2OS2. The second kappa shape index (κ2) is 9.67. The third-order valence-electron chi connectivity index (χ3n) is 5.54. The molecule has 5 heteroatoms. The summed E-state index contributed by atoms with van der Waals surface area (Å²) in [7, 11) is 0. The number of fused-ring (bicyclic) bond motifs is 1. The maximum atomic E-state index is 13.6. The molecule has 4 aromatic rings. The summed E-state index contributed by atoms with van der Waals surface area (Å²) in [4.78, 5) is 19.0. The first-order valence-electron chi connectivity index (χ1n) is 10.4. The number of benzene rings is 3. The molecule has 0 atom stereocenters. The lowest BCUT2D eigenvalue weighted by atomic mass is 9.91. The third-order valence-corrected chi connectivity index (χ3v) is 7.17. The van der Waals surface area contributed by atoms with Crippen molar-refractivity contribution in [1.29, 1.82) is 0 Å². The van der Waals surface area contributed by atoms with Crippen molar-refractivity contribution in [2.75, 3.05) is 12.0 Å².